The number of benzene rings is 2. The van der Waals surface area contributed by atoms with E-state index in [9.17, 15) is 18.0 Å². The monoisotopic (exact) mass is 420 g/mol. The molecule has 2 heterocycles. The van der Waals surface area contributed by atoms with Gasteiger partial charge in [-0.15, -0.1) is 0 Å². The molecule has 2 aromatic heterocycles. The fourth-order valence-corrected chi connectivity index (χ4v) is 2.94. The van der Waals surface area contributed by atoms with Crippen LogP contribution < -0.4 is 10.3 Å². The first-order chi connectivity index (χ1) is 13.9. The minimum absolute atomic E-state index is 0.0502. The molecule has 0 aliphatic rings. The molecule has 0 aliphatic heterocycles. The number of aromatic nitrogens is 4. The van der Waals surface area contributed by atoms with Crippen molar-refractivity contribution in [2.75, 3.05) is 0 Å². The molecule has 0 unspecified atom stereocenters. The summed E-state index contributed by atoms with van der Waals surface area (Å²) in [6, 6.07) is 6.61. The summed E-state index contributed by atoms with van der Waals surface area (Å²) < 4.78 is 49.4. The van der Waals surface area contributed by atoms with Crippen molar-refractivity contribution in [3.63, 3.8) is 0 Å². The summed E-state index contributed by atoms with van der Waals surface area (Å²) in [6.07, 6.45) is 1.42. The van der Waals surface area contributed by atoms with Crippen molar-refractivity contribution in [2.24, 2.45) is 0 Å². The van der Waals surface area contributed by atoms with Gasteiger partial charge in [0.1, 0.15) is 5.82 Å². The van der Waals surface area contributed by atoms with Crippen molar-refractivity contribution in [2.45, 2.75) is 13.5 Å². The number of hydrogen-bond acceptors (Lipinski definition) is 4. The number of fused-ring (bicyclic) bond motifs is 1. The first-order valence-electron chi connectivity index (χ1n) is 8.45. The van der Waals surface area contributed by atoms with Gasteiger partial charge in [-0.2, -0.15) is 4.98 Å². The van der Waals surface area contributed by atoms with Gasteiger partial charge in [-0.1, -0.05) is 11.6 Å². The van der Waals surface area contributed by atoms with Crippen LogP contribution in [0.2, 0.25) is 5.02 Å². The first-order valence-corrected chi connectivity index (χ1v) is 8.83. The van der Waals surface area contributed by atoms with Crippen LogP contribution in [0.4, 0.5) is 13.2 Å². The highest BCUT2D eigenvalue weighted by Crippen LogP contribution is 2.29. The average Bonchev–Trinajstić information content (AvgIpc) is 3.09. The normalized spacial score (nSPS) is 11.2. The van der Waals surface area contributed by atoms with E-state index in [4.69, 9.17) is 16.3 Å². The predicted molar refractivity (Wildman–Crippen MR) is 100 cm³/mol. The lowest BCUT2D eigenvalue weighted by Crippen LogP contribution is -2.22. The van der Waals surface area contributed by atoms with Gasteiger partial charge in [0, 0.05) is 23.7 Å². The highest BCUT2D eigenvalue weighted by atomic mass is 35.5. The van der Waals surface area contributed by atoms with E-state index >= 15 is 0 Å². The summed E-state index contributed by atoms with van der Waals surface area (Å²) in [5.74, 6) is -4.54. The lowest BCUT2D eigenvalue weighted by Gasteiger charge is -2.14. The summed E-state index contributed by atoms with van der Waals surface area (Å²) in [6.45, 7) is 2.26. The van der Waals surface area contributed by atoms with Gasteiger partial charge >= 0.3 is 6.01 Å². The maximum atomic E-state index is 14.1. The Morgan fingerprint density at radius 2 is 1.76 bits per heavy atom. The zero-order valence-electron chi connectivity index (χ0n) is 14.9. The van der Waals surface area contributed by atoms with E-state index in [1.54, 1.807) is 4.57 Å². The minimum Gasteiger partial charge on any atom is -0.419 e. The number of hydrogen-bond donors (Lipinski definition) is 0. The molecule has 148 valence electrons. The molecule has 4 rings (SSSR count). The van der Waals surface area contributed by atoms with Crippen LogP contribution in [0.5, 0.6) is 11.8 Å². The molecule has 0 spiro atoms. The summed E-state index contributed by atoms with van der Waals surface area (Å²) >= 11 is 5.90. The van der Waals surface area contributed by atoms with Crippen LogP contribution in [0, 0.1) is 17.5 Å². The average molecular weight is 421 g/mol. The van der Waals surface area contributed by atoms with Crippen LogP contribution in [0.15, 0.2) is 47.5 Å². The fourth-order valence-electron chi connectivity index (χ4n) is 2.81. The van der Waals surface area contributed by atoms with Gasteiger partial charge in [-0.25, -0.2) is 22.7 Å². The largest absolute Gasteiger partial charge is 0.419 e. The topological polar surface area (TPSA) is 61.9 Å². The standard InChI is InChI=1S/C19H12ClF3N4O2/c1-2-26-9-24-15-17(26)25-19(29-16-13(22)7-11(21)8-14(16)23)27(18(15)28)12-5-3-10(20)4-6-12/h3-9H,2H2,1H3. The molecule has 6 nitrogen and oxygen atoms in total. The zero-order chi connectivity index (χ0) is 20.7. The Labute approximate surface area is 166 Å². The molecule has 2 aromatic carbocycles. The SMILES string of the molecule is CCn1cnc2c(=O)n(-c3ccc(Cl)cc3)c(Oc3c(F)cc(F)cc3F)nc21. The lowest BCUT2D eigenvalue weighted by atomic mass is 10.3. The third-order valence-electron chi connectivity index (χ3n) is 4.19. The zero-order valence-corrected chi connectivity index (χ0v) is 15.6. The predicted octanol–water partition coefficient (Wildman–Crippen LogP) is 4.47. The molecule has 0 bridgehead atoms. The molecular weight excluding hydrogens is 409 g/mol. The lowest BCUT2D eigenvalue weighted by molar-refractivity contribution is 0.368. The molecular formula is C19H12ClF3N4O2. The molecule has 0 fully saturated rings. The van der Waals surface area contributed by atoms with Crippen LogP contribution in [0.3, 0.4) is 0 Å². The number of ether oxygens (including phenoxy) is 1. The quantitative estimate of drug-likeness (QED) is 0.489. The molecule has 0 aliphatic carbocycles. The second kappa shape index (κ2) is 7.25. The van der Waals surface area contributed by atoms with Crippen LogP contribution >= 0.6 is 11.6 Å². The molecule has 10 heteroatoms. The van der Waals surface area contributed by atoms with Crippen LogP contribution in [-0.4, -0.2) is 19.1 Å². The van der Waals surface area contributed by atoms with E-state index in [0.717, 1.165) is 4.57 Å². The van der Waals surface area contributed by atoms with E-state index in [1.165, 1.54) is 30.6 Å². The summed E-state index contributed by atoms with van der Waals surface area (Å²) in [4.78, 5) is 21.4. The minimum atomic E-state index is -1.27. The van der Waals surface area contributed by atoms with E-state index in [2.05, 4.69) is 9.97 Å². The Morgan fingerprint density at radius 3 is 2.38 bits per heavy atom. The van der Waals surface area contributed by atoms with E-state index < -0.39 is 34.8 Å². The Bertz CT molecular complexity index is 1260. The van der Waals surface area contributed by atoms with Crippen molar-refractivity contribution < 1.29 is 17.9 Å². The van der Waals surface area contributed by atoms with Gasteiger partial charge in [0.15, 0.2) is 22.8 Å². The smallest absolute Gasteiger partial charge is 0.311 e. The molecule has 0 saturated heterocycles. The third kappa shape index (κ3) is 3.33. The van der Waals surface area contributed by atoms with Crippen LogP contribution in [0.25, 0.3) is 16.9 Å². The van der Waals surface area contributed by atoms with Crippen LogP contribution in [-0.2, 0) is 6.54 Å². The molecule has 0 N–H and O–H groups in total. The van der Waals surface area contributed by atoms with E-state index in [1.807, 2.05) is 6.92 Å². The van der Waals surface area contributed by atoms with Gasteiger partial charge in [0.25, 0.3) is 5.56 Å². The van der Waals surface area contributed by atoms with Crippen molar-refractivity contribution in [3.8, 4) is 17.4 Å². The fraction of sp³-hybridized carbons (Fsp3) is 0.105. The van der Waals surface area contributed by atoms with Gasteiger partial charge < -0.3 is 9.30 Å². The third-order valence-corrected chi connectivity index (χ3v) is 4.44. The van der Waals surface area contributed by atoms with Crippen molar-refractivity contribution in [1.82, 2.24) is 19.1 Å². The van der Waals surface area contributed by atoms with Crippen molar-refractivity contribution >= 4 is 22.8 Å². The Balaban J connectivity index is 1.99. The molecule has 0 radical (unpaired) electrons. The highest BCUT2D eigenvalue weighted by molar-refractivity contribution is 6.30. The second-order valence-electron chi connectivity index (χ2n) is 6.01. The maximum Gasteiger partial charge on any atom is 0.311 e. The van der Waals surface area contributed by atoms with Gasteiger partial charge in [0.2, 0.25) is 5.75 Å². The van der Waals surface area contributed by atoms with Crippen LogP contribution in [0.1, 0.15) is 6.92 Å². The number of halogens is 4. The van der Waals surface area contributed by atoms with E-state index in [0.29, 0.717) is 23.7 Å². The Hall–Kier alpha value is -3.33. The number of rotatable bonds is 4. The molecule has 0 saturated carbocycles. The molecule has 29 heavy (non-hydrogen) atoms. The maximum absolute atomic E-state index is 14.1. The molecule has 4 aromatic rings. The number of aryl methyl sites for hydroxylation is 1. The van der Waals surface area contributed by atoms with E-state index in [-0.39, 0.29) is 16.9 Å². The second-order valence-corrected chi connectivity index (χ2v) is 6.45. The summed E-state index contributed by atoms with van der Waals surface area (Å²) in [5.41, 5.74) is -0.0879. The molecule has 0 atom stereocenters. The van der Waals surface area contributed by atoms with Gasteiger partial charge in [-0.3, -0.25) is 4.79 Å². The molecule has 0 amide bonds. The van der Waals surface area contributed by atoms with Gasteiger partial charge in [0.05, 0.1) is 12.0 Å². The Morgan fingerprint density at radius 1 is 1.10 bits per heavy atom. The number of imidazole rings is 1. The summed E-state index contributed by atoms with van der Waals surface area (Å²) in [7, 11) is 0. The summed E-state index contributed by atoms with van der Waals surface area (Å²) in [5, 5.41) is 0.421. The number of nitrogens with zero attached hydrogens (tertiary/aromatic N) is 4. The van der Waals surface area contributed by atoms with Gasteiger partial charge in [-0.05, 0) is 31.2 Å². The van der Waals surface area contributed by atoms with Crippen molar-refractivity contribution in [3.05, 3.63) is 75.6 Å². The first kappa shape index (κ1) is 19.0. The highest BCUT2D eigenvalue weighted by Gasteiger charge is 2.21. The Kier molecular flexibility index (Phi) is 4.75. The van der Waals surface area contributed by atoms with Crippen molar-refractivity contribution in [1.29, 1.82) is 0 Å².